The van der Waals surface area contributed by atoms with Crippen LogP contribution in [0.1, 0.15) is 25.5 Å². The molecule has 0 aliphatic carbocycles. The molecule has 3 rings (SSSR count). The van der Waals surface area contributed by atoms with E-state index in [9.17, 15) is 8.42 Å². The molecule has 2 heterocycles. The summed E-state index contributed by atoms with van der Waals surface area (Å²) in [6, 6.07) is 14.5. The van der Waals surface area contributed by atoms with E-state index in [1.54, 1.807) is 30.5 Å². The molecule has 0 aliphatic heterocycles. The normalized spacial score (nSPS) is 11.2. The van der Waals surface area contributed by atoms with Crippen LogP contribution in [0.3, 0.4) is 0 Å². The highest BCUT2D eigenvalue weighted by Gasteiger charge is 2.10. The smallest absolute Gasteiger partial charge is 0.232 e. The summed E-state index contributed by atoms with van der Waals surface area (Å²) in [4.78, 5) is 13.2. The summed E-state index contributed by atoms with van der Waals surface area (Å²) >= 11 is 0. The first-order valence-electron chi connectivity index (χ1n) is 9.10. The van der Waals surface area contributed by atoms with Gasteiger partial charge in [-0.25, -0.2) is 18.4 Å². The summed E-state index contributed by atoms with van der Waals surface area (Å²) in [5.41, 5.74) is 2.85. The average Bonchev–Trinajstić information content (AvgIpc) is 2.68. The Morgan fingerprint density at radius 1 is 1.00 bits per heavy atom. The number of pyridine rings is 1. The summed E-state index contributed by atoms with van der Waals surface area (Å²) < 4.78 is 26.6. The Bertz CT molecular complexity index is 1020. The minimum absolute atomic E-state index is 0.125. The number of unbranched alkanes of at least 4 members (excludes halogenated alkanes) is 1. The average molecular weight is 398 g/mol. The van der Waals surface area contributed by atoms with Gasteiger partial charge in [0.1, 0.15) is 11.5 Å². The van der Waals surface area contributed by atoms with Crippen LogP contribution in [0.2, 0.25) is 0 Å². The van der Waals surface area contributed by atoms with Crippen LogP contribution in [-0.2, 0) is 10.0 Å². The quantitative estimate of drug-likeness (QED) is 0.593. The molecule has 0 atom stereocenters. The second kappa shape index (κ2) is 8.79. The van der Waals surface area contributed by atoms with E-state index in [0.717, 1.165) is 17.8 Å². The number of benzene rings is 1. The Hall–Kier alpha value is -3.00. The molecule has 3 aromatic rings. The Kier molecular flexibility index (Phi) is 6.20. The van der Waals surface area contributed by atoms with Gasteiger partial charge in [-0.15, -0.1) is 0 Å². The fourth-order valence-electron chi connectivity index (χ4n) is 2.58. The zero-order chi connectivity index (χ0) is 20.0. The van der Waals surface area contributed by atoms with Crippen LogP contribution in [0.4, 0.5) is 17.2 Å². The monoisotopic (exact) mass is 397 g/mol. The Labute approximate surface area is 165 Å². The van der Waals surface area contributed by atoms with E-state index < -0.39 is 10.0 Å². The molecule has 0 saturated carbocycles. The third kappa shape index (κ3) is 5.50. The highest BCUT2D eigenvalue weighted by Crippen LogP contribution is 2.21. The maximum absolute atomic E-state index is 12.0. The van der Waals surface area contributed by atoms with Gasteiger partial charge in [0, 0.05) is 29.3 Å². The van der Waals surface area contributed by atoms with Crippen molar-refractivity contribution in [3.05, 3.63) is 60.4 Å². The molecule has 0 unspecified atom stereocenters. The molecule has 146 valence electrons. The largest absolute Gasteiger partial charge is 0.340 e. The van der Waals surface area contributed by atoms with Crippen molar-refractivity contribution < 1.29 is 8.42 Å². The summed E-state index contributed by atoms with van der Waals surface area (Å²) in [5.74, 6) is 1.31. The zero-order valence-corrected chi connectivity index (χ0v) is 16.7. The predicted molar refractivity (Wildman–Crippen MR) is 112 cm³/mol. The van der Waals surface area contributed by atoms with Gasteiger partial charge in [0.05, 0.1) is 5.75 Å². The van der Waals surface area contributed by atoms with Crippen LogP contribution >= 0.6 is 0 Å². The number of sulfonamides is 1. The van der Waals surface area contributed by atoms with Crippen LogP contribution in [0.15, 0.2) is 54.7 Å². The number of rotatable bonds is 8. The highest BCUT2D eigenvalue weighted by atomic mass is 32.2. The van der Waals surface area contributed by atoms with Gasteiger partial charge in [-0.3, -0.25) is 9.71 Å². The van der Waals surface area contributed by atoms with Crippen LogP contribution in [-0.4, -0.2) is 29.1 Å². The number of aromatic nitrogens is 3. The lowest BCUT2D eigenvalue weighted by atomic mass is 10.3. The van der Waals surface area contributed by atoms with Gasteiger partial charge in [-0.05, 0) is 49.7 Å². The predicted octanol–water partition coefficient (Wildman–Crippen LogP) is 4.13. The molecule has 1 aromatic carbocycles. The topological polar surface area (TPSA) is 96.9 Å². The van der Waals surface area contributed by atoms with E-state index in [1.807, 2.05) is 38.1 Å². The molecule has 0 bridgehead atoms. The number of hydrogen-bond acceptors (Lipinski definition) is 6. The van der Waals surface area contributed by atoms with Crippen molar-refractivity contribution in [1.82, 2.24) is 15.0 Å². The zero-order valence-electron chi connectivity index (χ0n) is 15.9. The molecule has 0 amide bonds. The first-order chi connectivity index (χ1) is 13.4. The highest BCUT2D eigenvalue weighted by molar-refractivity contribution is 7.92. The molecule has 28 heavy (non-hydrogen) atoms. The Morgan fingerprint density at radius 2 is 1.75 bits per heavy atom. The third-order valence-electron chi connectivity index (χ3n) is 3.95. The van der Waals surface area contributed by atoms with E-state index in [-0.39, 0.29) is 5.75 Å². The fourth-order valence-corrected chi connectivity index (χ4v) is 3.84. The number of anilines is 3. The van der Waals surface area contributed by atoms with Gasteiger partial charge in [0.2, 0.25) is 10.0 Å². The van der Waals surface area contributed by atoms with Crippen molar-refractivity contribution in [1.29, 1.82) is 0 Å². The molecule has 0 radical (unpaired) electrons. The van der Waals surface area contributed by atoms with Crippen LogP contribution in [0, 0.1) is 6.92 Å². The van der Waals surface area contributed by atoms with Crippen molar-refractivity contribution in [3.8, 4) is 11.5 Å². The van der Waals surface area contributed by atoms with Crippen molar-refractivity contribution in [2.75, 3.05) is 15.8 Å². The Morgan fingerprint density at radius 3 is 2.43 bits per heavy atom. The second-order valence-electron chi connectivity index (χ2n) is 6.41. The van der Waals surface area contributed by atoms with E-state index in [4.69, 9.17) is 0 Å². The lowest BCUT2D eigenvalue weighted by Gasteiger charge is -2.10. The number of nitrogens with one attached hydrogen (secondary N) is 2. The lowest BCUT2D eigenvalue weighted by Crippen LogP contribution is -2.16. The number of nitrogens with zero attached hydrogens (tertiary/aromatic N) is 3. The minimum atomic E-state index is -3.31. The first-order valence-corrected chi connectivity index (χ1v) is 10.7. The van der Waals surface area contributed by atoms with Crippen molar-refractivity contribution >= 4 is 27.2 Å². The summed E-state index contributed by atoms with van der Waals surface area (Å²) in [6.07, 6.45) is 3.18. The van der Waals surface area contributed by atoms with Crippen molar-refractivity contribution in [3.63, 3.8) is 0 Å². The summed E-state index contributed by atoms with van der Waals surface area (Å²) in [5, 5.41) is 3.22. The van der Waals surface area contributed by atoms with E-state index in [1.165, 1.54) is 0 Å². The molecular weight excluding hydrogens is 374 g/mol. The number of hydrogen-bond donors (Lipinski definition) is 2. The van der Waals surface area contributed by atoms with Crippen LogP contribution < -0.4 is 10.0 Å². The minimum Gasteiger partial charge on any atom is -0.340 e. The van der Waals surface area contributed by atoms with Gasteiger partial charge in [0.25, 0.3) is 0 Å². The molecule has 0 spiro atoms. The number of aryl methyl sites for hydroxylation is 1. The van der Waals surface area contributed by atoms with E-state index in [2.05, 4.69) is 25.0 Å². The van der Waals surface area contributed by atoms with Crippen LogP contribution in [0.5, 0.6) is 0 Å². The summed E-state index contributed by atoms with van der Waals surface area (Å²) in [6.45, 7) is 3.86. The van der Waals surface area contributed by atoms with Crippen molar-refractivity contribution in [2.45, 2.75) is 26.7 Å². The van der Waals surface area contributed by atoms with E-state index >= 15 is 0 Å². The molecule has 2 N–H and O–H groups in total. The fraction of sp³-hybridized carbons (Fsp3) is 0.250. The lowest BCUT2D eigenvalue weighted by molar-refractivity contribution is 0.598. The molecule has 2 aromatic heterocycles. The molecule has 0 saturated heterocycles. The molecule has 7 nitrogen and oxygen atoms in total. The summed E-state index contributed by atoms with van der Waals surface area (Å²) in [7, 11) is -3.31. The SMILES string of the molecule is CCCCS(=O)(=O)Nc1ccc(Nc2cc(C)nc(-c3ccccn3)n2)cc1. The standard InChI is InChI=1S/C20H23N5O2S/c1-3-4-13-28(26,27)25-17-10-8-16(9-11-17)23-19-14-15(2)22-20(24-19)18-7-5-6-12-21-18/h5-12,14,25H,3-4,13H2,1-2H3,(H,22,23,24). The molecule has 0 aliphatic rings. The van der Waals surface area contributed by atoms with Gasteiger partial charge in [-0.1, -0.05) is 19.4 Å². The maximum Gasteiger partial charge on any atom is 0.232 e. The van der Waals surface area contributed by atoms with Gasteiger partial charge in [0.15, 0.2) is 5.82 Å². The van der Waals surface area contributed by atoms with Crippen LogP contribution in [0.25, 0.3) is 11.5 Å². The van der Waals surface area contributed by atoms with Gasteiger partial charge < -0.3 is 5.32 Å². The maximum atomic E-state index is 12.0. The van der Waals surface area contributed by atoms with Gasteiger partial charge >= 0.3 is 0 Å². The molecular formula is C20H23N5O2S. The molecule has 8 heteroatoms. The second-order valence-corrected chi connectivity index (χ2v) is 8.25. The molecule has 0 fully saturated rings. The first kappa shape index (κ1) is 19.8. The van der Waals surface area contributed by atoms with Gasteiger partial charge in [-0.2, -0.15) is 0 Å². The van der Waals surface area contributed by atoms with E-state index in [0.29, 0.717) is 29.4 Å². The van der Waals surface area contributed by atoms with Crippen molar-refractivity contribution in [2.24, 2.45) is 0 Å². The third-order valence-corrected chi connectivity index (χ3v) is 5.32. The Balaban J connectivity index is 1.73.